The molecule has 1 aliphatic rings. The SMILES string of the molecule is CC(C)c1cccc(C(C)C)c1NC(=O)N(CC(C)(C)c1cn(C)c2ccccc12)CC1(c2ccccn2)CCCCC1. The van der Waals surface area contributed by atoms with Crippen molar-refractivity contribution in [2.24, 2.45) is 7.05 Å². The van der Waals surface area contributed by atoms with E-state index in [9.17, 15) is 4.79 Å². The number of hydrogen-bond donors (Lipinski definition) is 1. The Labute approximate surface area is 258 Å². The van der Waals surface area contributed by atoms with Gasteiger partial charge >= 0.3 is 6.03 Å². The number of aromatic nitrogens is 2. The molecule has 0 unspecified atom stereocenters. The summed E-state index contributed by atoms with van der Waals surface area (Å²) in [6.45, 7) is 14.6. The quantitative estimate of drug-likeness (QED) is 0.215. The Morgan fingerprint density at radius 1 is 0.930 bits per heavy atom. The van der Waals surface area contributed by atoms with E-state index in [1.165, 1.54) is 34.0 Å². The van der Waals surface area contributed by atoms with E-state index in [0.29, 0.717) is 24.9 Å². The number of nitrogens with one attached hydrogen (secondary N) is 1. The Balaban J connectivity index is 1.57. The number of urea groups is 1. The summed E-state index contributed by atoms with van der Waals surface area (Å²) in [4.78, 5) is 21.7. The molecule has 2 heterocycles. The van der Waals surface area contributed by atoms with Gasteiger partial charge in [0, 0.05) is 65.6 Å². The topological polar surface area (TPSA) is 50.2 Å². The van der Waals surface area contributed by atoms with Gasteiger partial charge in [-0.15, -0.1) is 0 Å². The maximum absolute atomic E-state index is 14.7. The van der Waals surface area contributed by atoms with Crippen molar-refractivity contribution < 1.29 is 4.79 Å². The summed E-state index contributed by atoms with van der Waals surface area (Å²) >= 11 is 0. The molecule has 1 aliphatic carbocycles. The third-order valence-corrected chi connectivity index (χ3v) is 9.62. The van der Waals surface area contributed by atoms with Crippen molar-refractivity contribution in [3.8, 4) is 0 Å². The summed E-state index contributed by atoms with van der Waals surface area (Å²) in [5.74, 6) is 0.598. The summed E-state index contributed by atoms with van der Waals surface area (Å²) in [5, 5.41) is 4.73. The molecule has 228 valence electrons. The summed E-state index contributed by atoms with van der Waals surface area (Å²) in [6.07, 6.45) is 9.80. The molecule has 5 nitrogen and oxygen atoms in total. The smallest absolute Gasteiger partial charge is 0.321 e. The number of para-hydroxylation sites is 2. The van der Waals surface area contributed by atoms with Gasteiger partial charge in [-0.05, 0) is 59.6 Å². The fourth-order valence-corrected chi connectivity index (χ4v) is 7.29. The van der Waals surface area contributed by atoms with Gasteiger partial charge in [0.05, 0.1) is 0 Å². The van der Waals surface area contributed by atoms with Crippen molar-refractivity contribution in [2.75, 3.05) is 18.4 Å². The molecule has 0 atom stereocenters. The number of hydrogen-bond acceptors (Lipinski definition) is 2. The number of aryl methyl sites for hydroxylation is 1. The lowest BCUT2D eigenvalue weighted by molar-refractivity contribution is 0.156. The van der Waals surface area contributed by atoms with E-state index in [1.54, 1.807) is 0 Å². The van der Waals surface area contributed by atoms with Crippen LogP contribution in [0.4, 0.5) is 10.5 Å². The first-order valence-electron chi connectivity index (χ1n) is 16.2. The molecule has 0 aliphatic heterocycles. The first-order valence-corrected chi connectivity index (χ1v) is 16.2. The number of carbonyl (C=O) groups is 1. The molecule has 1 fully saturated rings. The zero-order valence-electron chi connectivity index (χ0n) is 27.3. The largest absolute Gasteiger partial charge is 0.350 e. The average molecular weight is 579 g/mol. The highest BCUT2D eigenvalue weighted by molar-refractivity contribution is 5.92. The maximum atomic E-state index is 14.7. The predicted molar refractivity (Wildman–Crippen MR) is 180 cm³/mol. The Morgan fingerprint density at radius 2 is 1.58 bits per heavy atom. The normalized spacial score (nSPS) is 15.3. The van der Waals surface area contributed by atoms with Crippen LogP contribution >= 0.6 is 0 Å². The second-order valence-electron chi connectivity index (χ2n) is 14.0. The second-order valence-corrected chi connectivity index (χ2v) is 14.0. The van der Waals surface area contributed by atoms with E-state index in [-0.39, 0.29) is 16.9 Å². The van der Waals surface area contributed by atoms with Crippen LogP contribution in [0.3, 0.4) is 0 Å². The fraction of sp³-hybridized carbons (Fsp3) is 0.474. The molecule has 0 saturated heterocycles. The van der Waals surface area contributed by atoms with E-state index >= 15 is 0 Å². The Morgan fingerprint density at radius 3 is 2.21 bits per heavy atom. The lowest BCUT2D eigenvalue weighted by Gasteiger charge is -2.43. The lowest BCUT2D eigenvalue weighted by atomic mass is 9.70. The van der Waals surface area contributed by atoms with Crippen molar-refractivity contribution in [1.29, 1.82) is 0 Å². The molecule has 2 amide bonds. The molecule has 2 aromatic carbocycles. The molecule has 1 saturated carbocycles. The van der Waals surface area contributed by atoms with Crippen molar-refractivity contribution in [3.05, 3.63) is 95.4 Å². The first kappa shape index (κ1) is 30.8. The lowest BCUT2D eigenvalue weighted by Crippen LogP contribution is -2.50. The van der Waals surface area contributed by atoms with Crippen LogP contribution in [0.5, 0.6) is 0 Å². The first-order chi connectivity index (χ1) is 20.5. The molecule has 0 radical (unpaired) electrons. The minimum absolute atomic E-state index is 0.0239. The molecule has 4 aromatic rings. The molecular weight excluding hydrogens is 528 g/mol. The van der Waals surface area contributed by atoms with Gasteiger partial charge in [0.2, 0.25) is 0 Å². The minimum atomic E-state index is -0.281. The van der Waals surface area contributed by atoms with Crippen LogP contribution in [0.25, 0.3) is 10.9 Å². The van der Waals surface area contributed by atoms with Gasteiger partial charge in [-0.1, -0.05) is 103 Å². The molecule has 5 heteroatoms. The van der Waals surface area contributed by atoms with Crippen LogP contribution in [-0.4, -0.2) is 33.6 Å². The highest BCUT2D eigenvalue weighted by Gasteiger charge is 2.40. The van der Waals surface area contributed by atoms with Gasteiger partial charge in [-0.25, -0.2) is 4.79 Å². The van der Waals surface area contributed by atoms with E-state index < -0.39 is 0 Å². The van der Waals surface area contributed by atoms with Crippen molar-refractivity contribution >= 4 is 22.6 Å². The van der Waals surface area contributed by atoms with Gasteiger partial charge < -0.3 is 14.8 Å². The third kappa shape index (κ3) is 6.37. The number of amides is 2. The Bertz CT molecular complexity index is 1520. The number of rotatable bonds is 9. The van der Waals surface area contributed by atoms with E-state index in [4.69, 9.17) is 4.98 Å². The van der Waals surface area contributed by atoms with Crippen LogP contribution < -0.4 is 5.32 Å². The van der Waals surface area contributed by atoms with Crippen molar-refractivity contribution in [2.45, 2.75) is 96.3 Å². The number of fused-ring (bicyclic) bond motifs is 1. The summed E-state index contributed by atoms with van der Waals surface area (Å²) in [6, 6.07) is 21.3. The summed E-state index contributed by atoms with van der Waals surface area (Å²) in [5.41, 5.74) is 6.49. The fourth-order valence-electron chi connectivity index (χ4n) is 7.29. The minimum Gasteiger partial charge on any atom is -0.350 e. The third-order valence-electron chi connectivity index (χ3n) is 9.62. The van der Waals surface area contributed by atoms with Gasteiger partial charge in [0.25, 0.3) is 0 Å². The Hall–Kier alpha value is -3.60. The van der Waals surface area contributed by atoms with Gasteiger partial charge in [0.1, 0.15) is 0 Å². The summed E-state index contributed by atoms with van der Waals surface area (Å²) < 4.78 is 2.21. The van der Waals surface area contributed by atoms with E-state index in [2.05, 4.69) is 124 Å². The number of pyridine rings is 1. The highest BCUT2D eigenvalue weighted by Crippen LogP contribution is 2.41. The van der Waals surface area contributed by atoms with Crippen LogP contribution in [0.15, 0.2) is 73.1 Å². The zero-order valence-corrected chi connectivity index (χ0v) is 27.3. The predicted octanol–water partition coefficient (Wildman–Crippen LogP) is 9.53. The van der Waals surface area contributed by atoms with Crippen LogP contribution in [-0.2, 0) is 17.9 Å². The molecule has 0 spiro atoms. The number of benzene rings is 2. The maximum Gasteiger partial charge on any atom is 0.321 e. The number of nitrogens with zero attached hydrogens (tertiary/aromatic N) is 3. The Kier molecular flexibility index (Phi) is 9.01. The van der Waals surface area contributed by atoms with Crippen molar-refractivity contribution in [1.82, 2.24) is 14.5 Å². The number of anilines is 1. The van der Waals surface area contributed by atoms with Gasteiger partial charge in [-0.2, -0.15) is 0 Å². The average Bonchev–Trinajstić information content (AvgIpc) is 3.35. The molecule has 5 rings (SSSR count). The van der Waals surface area contributed by atoms with Crippen LogP contribution in [0.2, 0.25) is 0 Å². The van der Waals surface area contributed by atoms with Gasteiger partial charge in [-0.3, -0.25) is 4.98 Å². The van der Waals surface area contributed by atoms with Crippen LogP contribution in [0.1, 0.15) is 108 Å². The number of carbonyl (C=O) groups excluding carboxylic acids is 1. The summed E-state index contributed by atoms with van der Waals surface area (Å²) in [7, 11) is 2.11. The van der Waals surface area contributed by atoms with Gasteiger partial charge in [0.15, 0.2) is 0 Å². The van der Waals surface area contributed by atoms with E-state index in [1.807, 2.05) is 12.3 Å². The van der Waals surface area contributed by atoms with E-state index in [0.717, 1.165) is 37.1 Å². The molecule has 1 N–H and O–H groups in total. The van der Waals surface area contributed by atoms with Crippen molar-refractivity contribution in [3.63, 3.8) is 0 Å². The second kappa shape index (κ2) is 12.6. The molecular formula is C38H50N4O. The monoisotopic (exact) mass is 578 g/mol. The molecule has 2 aromatic heterocycles. The molecule has 0 bridgehead atoms. The van der Waals surface area contributed by atoms with Crippen LogP contribution in [0, 0.1) is 0 Å². The highest BCUT2D eigenvalue weighted by atomic mass is 16.2. The standard InChI is InChI=1S/C38H50N4O/c1-27(2)29-17-15-18-30(28(3)4)35(29)40-36(43)42(26-38(21-12-8-13-22-38)34-20-11-14-23-39-34)25-37(5,6)32-24-41(7)33-19-10-9-16-31(32)33/h9-11,14-20,23-24,27-28H,8,12-13,21-22,25-26H2,1-7H3,(H,40,43). The zero-order chi connectivity index (χ0) is 30.8. The molecule has 43 heavy (non-hydrogen) atoms.